The lowest BCUT2D eigenvalue weighted by atomic mass is 9.98. The van der Waals surface area contributed by atoms with Crippen LogP contribution < -0.4 is 14.7 Å². The Kier molecular flexibility index (Phi) is 8.58. The second kappa shape index (κ2) is 12.8. The van der Waals surface area contributed by atoms with Crippen LogP contribution in [0, 0.1) is 0 Å². The van der Waals surface area contributed by atoms with Crippen molar-refractivity contribution in [1.82, 2.24) is 9.78 Å². The first kappa shape index (κ1) is 32.2. The third-order valence-electron chi connectivity index (χ3n) is 7.98. The molecule has 244 valence electrons. The van der Waals surface area contributed by atoms with E-state index < -0.39 is 29.4 Å². The summed E-state index contributed by atoms with van der Waals surface area (Å²) in [6.07, 6.45) is -0.746. The van der Waals surface area contributed by atoms with Crippen LogP contribution in [0.15, 0.2) is 109 Å². The molecule has 10 heteroatoms. The summed E-state index contributed by atoms with van der Waals surface area (Å²) in [7, 11) is 0. The average molecular weight is 644 g/mol. The Morgan fingerprint density at radius 2 is 1.38 bits per heavy atom. The summed E-state index contributed by atoms with van der Waals surface area (Å²) in [5.41, 5.74) is 1.70. The Morgan fingerprint density at radius 3 is 2.02 bits per heavy atom. The molecule has 4 aromatic carbocycles. The number of ether oxygens (including phenoxy) is 1. The minimum atomic E-state index is -1.51. The standard InChI is InChI=1S/C38H37N5O5/c1-25(2)41(26-16-8-6-9-17-26)32(44)24-40-30-22-14-15-23-31(30)42(27-18-10-7-11-19-27)36(46)33(35(40)45)34-28-20-12-13-21-29(28)43(39-34)37(47)48-38(3,4)5/h6-23,25,33H,24H2,1-5H3. The van der Waals surface area contributed by atoms with Crippen molar-refractivity contribution in [2.24, 2.45) is 0 Å². The molecule has 0 aliphatic carbocycles. The lowest BCUT2D eigenvalue weighted by Gasteiger charge is -2.31. The van der Waals surface area contributed by atoms with Crippen LogP contribution in [0.25, 0.3) is 10.9 Å². The van der Waals surface area contributed by atoms with Gasteiger partial charge in [0.25, 0.3) is 0 Å². The summed E-state index contributed by atoms with van der Waals surface area (Å²) in [6, 6.07) is 32.0. The lowest BCUT2D eigenvalue weighted by Crippen LogP contribution is -2.47. The minimum Gasteiger partial charge on any atom is -0.442 e. The molecule has 5 aromatic rings. The van der Waals surface area contributed by atoms with Gasteiger partial charge in [0.2, 0.25) is 17.7 Å². The molecule has 0 spiro atoms. The van der Waals surface area contributed by atoms with Crippen molar-refractivity contribution < 1.29 is 23.9 Å². The largest absolute Gasteiger partial charge is 0.442 e. The summed E-state index contributed by atoms with van der Waals surface area (Å²) < 4.78 is 6.73. The topological polar surface area (TPSA) is 105 Å². The van der Waals surface area contributed by atoms with Crippen molar-refractivity contribution in [1.29, 1.82) is 0 Å². The zero-order valence-corrected chi connectivity index (χ0v) is 27.5. The van der Waals surface area contributed by atoms with Gasteiger partial charge in [-0.3, -0.25) is 24.2 Å². The molecule has 10 nitrogen and oxygen atoms in total. The maximum Gasteiger partial charge on any atom is 0.435 e. The van der Waals surface area contributed by atoms with Gasteiger partial charge in [0, 0.05) is 22.8 Å². The smallest absolute Gasteiger partial charge is 0.435 e. The van der Waals surface area contributed by atoms with Gasteiger partial charge in [-0.2, -0.15) is 9.78 Å². The number of anilines is 4. The summed E-state index contributed by atoms with van der Waals surface area (Å²) >= 11 is 0. The molecule has 1 atom stereocenters. The maximum atomic E-state index is 15.0. The molecule has 0 fully saturated rings. The van der Waals surface area contributed by atoms with Crippen LogP contribution in [0.5, 0.6) is 0 Å². The first-order valence-corrected chi connectivity index (χ1v) is 15.8. The summed E-state index contributed by atoms with van der Waals surface area (Å²) in [4.78, 5) is 61.9. The highest BCUT2D eigenvalue weighted by Crippen LogP contribution is 2.42. The third-order valence-corrected chi connectivity index (χ3v) is 7.98. The Balaban J connectivity index is 1.54. The number of amides is 3. The molecule has 1 aromatic heterocycles. The molecule has 0 bridgehead atoms. The normalized spacial score (nSPS) is 15.0. The number of hydrogen-bond acceptors (Lipinski definition) is 6. The quantitative estimate of drug-likeness (QED) is 0.184. The van der Waals surface area contributed by atoms with Crippen molar-refractivity contribution in [3.05, 3.63) is 115 Å². The molecule has 0 radical (unpaired) electrons. The predicted octanol–water partition coefficient (Wildman–Crippen LogP) is 7.06. The van der Waals surface area contributed by atoms with E-state index in [1.165, 1.54) is 9.80 Å². The van der Waals surface area contributed by atoms with Gasteiger partial charge in [0.1, 0.15) is 12.1 Å². The van der Waals surface area contributed by atoms with Crippen LogP contribution in [0.3, 0.4) is 0 Å². The van der Waals surface area contributed by atoms with E-state index in [9.17, 15) is 19.2 Å². The van der Waals surface area contributed by atoms with Gasteiger partial charge >= 0.3 is 6.09 Å². The van der Waals surface area contributed by atoms with Crippen LogP contribution in [-0.2, 0) is 19.1 Å². The number of nitrogens with zero attached hydrogens (tertiary/aromatic N) is 5. The number of hydrogen-bond donors (Lipinski definition) is 0. The molecule has 3 amide bonds. The fraction of sp³-hybridized carbons (Fsp3) is 0.237. The summed E-state index contributed by atoms with van der Waals surface area (Å²) in [6.45, 7) is 8.70. The van der Waals surface area contributed by atoms with E-state index in [4.69, 9.17) is 4.74 Å². The molecule has 1 aliphatic heterocycles. The molecule has 0 saturated carbocycles. The number of fused-ring (bicyclic) bond motifs is 2. The van der Waals surface area contributed by atoms with E-state index in [2.05, 4.69) is 5.10 Å². The molecule has 1 aliphatic rings. The van der Waals surface area contributed by atoms with Crippen molar-refractivity contribution in [3.8, 4) is 0 Å². The van der Waals surface area contributed by atoms with Gasteiger partial charge in [-0.25, -0.2) is 4.79 Å². The van der Waals surface area contributed by atoms with Crippen molar-refractivity contribution in [2.45, 2.75) is 52.2 Å². The van der Waals surface area contributed by atoms with Crippen molar-refractivity contribution in [2.75, 3.05) is 21.2 Å². The number of aromatic nitrogens is 2. The van der Waals surface area contributed by atoms with Crippen molar-refractivity contribution >= 4 is 57.5 Å². The first-order valence-electron chi connectivity index (χ1n) is 15.8. The Labute approximate surface area is 279 Å². The molecule has 0 saturated heterocycles. The highest BCUT2D eigenvalue weighted by molar-refractivity contribution is 6.25. The van der Waals surface area contributed by atoms with Crippen LogP contribution >= 0.6 is 0 Å². The highest BCUT2D eigenvalue weighted by atomic mass is 16.6. The van der Waals surface area contributed by atoms with E-state index >= 15 is 0 Å². The SMILES string of the molecule is CC(C)N(C(=O)CN1C(=O)C(c2nn(C(=O)OC(C)(C)C)c3ccccc23)C(=O)N(c2ccccc2)c2ccccc21)c1ccccc1. The van der Waals surface area contributed by atoms with Gasteiger partial charge < -0.3 is 9.64 Å². The maximum absolute atomic E-state index is 15.0. The molecular formula is C38H37N5O5. The molecule has 1 unspecified atom stereocenters. The summed E-state index contributed by atoms with van der Waals surface area (Å²) in [5.74, 6) is -3.06. The second-order valence-corrected chi connectivity index (χ2v) is 12.8. The highest BCUT2D eigenvalue weighted by Gasteiger charge is 2.45. The van der Waals surface area contributed by atoms with Gasteiger partial charge in [-0.1, -0.05) is 66.7 Å². The van der Waals surface area contributed by atoms with Crippen molar-refractivity contribution in [3.63, 3.8) is 0 Å². The molecule has 2 heterocycles. The van der Waals surface area contributed by atoms with Gasteiger partial charge in [0.15, 0.2) is 5.92 Å². The van der Waals surface area contributed by atoms with Gasteiger partial charge in [0.05, 0.1) is 22.6 Å². The monoisotopic (exact) mass is 643 g/mol. The Hall–Kier alpha value is -5.77. The molecular weight excluding hydrogens is 606 g/mol. The summed E-state index contributed by atoms with van der Waals surface area (Å²) in [5, 5.41) is 5.05. The van der Waals surface area contributed by atoms with E-state index in [0.29, 0.717) is 33.7 Å². The Morgan fingerprint density at radius 1 is 0.792 bits per heavy atom. The minimum absolute atomic E-state index is 0.0846. The number of para-hydroxylation sites is 5. The van der Waals surface area contributed by atoms with Crippen LogP contribution in [-0.4, -0.2) is 51.8 Å². The zero-order chi connectivity index (χ0) is 34.2. The number of benzene rings is 4. The van der Waals surface area contributed by atoms with E-state index in [-0.39, 0.29) is 24.2 Å². The van der Waals surface area contributed by atoms with Crippen LogP contribution in [0.1, 0.15) is 46.2 Å². The fourth-order valence-electron chi connectivity index (χ4n) is 6.03. The third kappa shape index (κ3) is 6.04. The van der Waals surface area contributed by atoms with Gasteiger partial charge in [-0.15, -0.1) is 0 Å². The van der Waals surface area contributed by atoms with Gasteiger partial charge in [-0.05, 0) is 77.1 Å². The zero-order valence-electron chi connectivity index (χ0n) is 27.5. The number of carbonyl (C=O) groups is 4. The van der Waals surface area contributed by atoms with Crippen LogP contribution in [0.4, 0.5) is 27.5 Å². The molecule has 6 rings (SSSR count). The molecule has 48 heavy (non-hydrogen) atoms. The van der Waals surface area contributed by atoms with Crippen LogP contribution in [0.2, 0.25) is 0 Å². The first-order chi connectivity index (χ1) is 23.0. The second-order valence-electron chi connectivity index (χ2n) is 12.8. The Bertz CT molecular complexity index is 2000. The average Bonchev–Trinajstić information content (AvgIpc) is 3.40. The number of carbonyl (C=O) groups excluding carboxylic acids is 4. The van der Waals surface area contributed by atoms with E-state index in [1.54, 1.807) is 98.5 Å². The predicted molar refractivity (Wildman–Crippen MR) is 186 cm³/mol. The van der Waals surface area contributed by atoms with E-state index in [0.717, 1.165) is 4.68 Å². The van der Waals surface area contributed by atoms with E-state index in [1.807, 2.05) is 50.2 Å². The number of rotatable bonds is 6. The lowest BCUT2D eigenvalue weighted by molar-refractivity contribution is -0.129. The fourth-order valence-corrected chi connectivity index (χ4v) is 6.03. The molecule has 0 N–H and O–H groups in total.